The third kappa shape index (κ3) is 2.13. The first kappa shape index (κ1) is 10.5. The van der Waals surface area contributed by atoms with Crippen molar-refractivity contribution in [2.45, 2.75) is 58.5 Å². The number of fused-ring (bicyclic) bond motifs is 1. The smallest absolute Gasteiger partial charge is 0.0547 e. The van der Waals surface area contributed by atoms with Gasteiger partial charge < -0.3 is 4.74 Å². The van der Waals surface area contributed by atoms with Gasteiger partial charge in [-0.05, 0) is 37.5 Å². The Balaban J connectivity index is 2.01. The van der Waals surface area contributed by atoms with E-state index in [0.717, 1.165) is 24.4 Å². The van der Waals surface area contributed by atoms with Crippen molar-refractivity contribution < 1.29 is 4.74 Å². The van der Waals surface area contributed by atoms with Crippen LogP contribution < -0.4 is 0 Å². The molecule has 1 saturated heterocycles. The number of rotatable bonds is 1. The van der Waals surface area contributed by atoms with Crippen LogP contribution in [0.5, 0.6) is 0 Å². The van der Waals surface area contributed by atoms with Crippen LogP contribution in [0.15, 0.2) is 0 Å². The van der Waals surface area contributed by atoms with Crippen molar-refractivity contribution in [3.05, 3.63) is 0 Å². The Morgan fingerprint density at radius 2 is 2.00 bits per heavy atom. The average molecular weight is 196 g/mol. The van der Waals surface area contributed by atoms with Crippen molar-refractivity contribution in [2.75, 3.05) is 6.61 Å². The van der Waals surface area contributed by atoms with Crippen LogP contribution >= 0.6 is 0 Å². The van der Waals surface area contributed by atoms with Crippen LogP contribution in [0, 0.1) is 17.8 Å². The molecule has 14 heavy (non-hydrogen) atoms. The molecule has 1 aliphatic carbocycles. The molecule has 0 radical (unpaired) electrons. The van der Waals surface area contributed by atoms with Gasteiger partial charge in [0.2, 0.25) is 0 Å². The Morgan fingerprint density at radius 1 is 1.14 bits per heavy atom. The van der Waals surface area contributed by atoms with Gasteiger partial charge in [0.15, 0.2) is 0 Å². The van der Waals surface area contributed by atoms with Gasteiger partial charge in [-0.15, -0.1) is 0 Å². The largest absolute Gasteiger partial charge is 0.378 e. The van der Waals surface area contributed by atoms with Crippen LogP contribution in [0.1, 0.15) is 52.4 Å². The van der Waals surface area contributed by atoms with Gasteiger partial charge in [-0.3, -0.25) is 0 Å². The molecule has 82 valence electrons. The molecule has 4 unspecified atom stereocenters. The van der Waals surface area contributed by atoms with Gasteiger partial charge in [-0.2, -0.15) is 0 Å². The summed E-state index contributed by atoms with van der Waals surface area (Å²) in [6.45, 7) is 5.63. The van der Waals surface area contributed by atoms with E-state index in [1.807, 2.05) is 0 Å². The summed E-state index contributed by atoms with van der Waals surface area (Å²) < 4.78 is 5.90. The molecule has 0 aromatic heterocycles. The molecule has 2 fully saturated rings. The van der Waals surface area contributed by atoms with Crippen molar-refractivity contribution in [1.82, 2.24) is 0 Å². The van der Waals surface area contributed by atoms with Gasteiger partial charge in [0.1, 0.15) is 0 Å². The molecule has 4 atom stereocenters. The van der Waals surface area contributed by atoms with Crippen LogP contribution in [-0.4, -0.2) is 12.7 Å². The maximum Gasteiger partial charge on any atom is 0.0547 e. The Hall–Kier alpha value is -0.0400. The summed E-state index contributed by atoms with van der Waals surface area (Å²) in [7, 11) is 0. The third-order valence-corrected chi connectivity index (χ3v) is 4.40. The summed E-state index contributed by atoms with van der Waals surface area (Å²) >= 11 is 0. The zero-order chi connectivity index (χ0) is 9.97. The van der Waals surface area contributed by atoms with Gasteiger partial charge >= 0.3 is 0 Å². The first-order valence-electron chi connectivity index (χ1n) is 6.42. The second-order valence-corrected chi connectivity index (χ2v) is 5.24. The predicted octanol–water partition coefficient (Wildman–Crippen LogP) is 3.63. The quantitative estimate of drug-likeness (QED) is 0.622. The van der Waals surface area contributed by atoms with Crippen molar-refractivity contribution in [2.24, 2.45) is 17.8 Å². The average Bonchev–Trinajstić information content (AvgIpc) is 2.41. The fourth-order valence-corrected chi connectivity index (χ4v) is 3.40. The molecule has 1 aliphatic heterocycles. The van der Waals surface area contributed by atoms with E-state index in [2.05, 4.69) is 13.8 Å². The van der Waals surface area contributed by atoms with E-state index >= 15 is 0 Å². The zero-order valence-electron chi connectivity index (χ0n) is 9.67. The molecule has 0 spiro atoms. The van der Waals surface area contributed by atoms with Gasteiger partial charge in [0.25, 0.3) is 0 Å². The summed E-state index contributed by atoms with van der Waals surface area (Å²) in [6, 6.07) is 0. The van der Waals surface area contributed by atoms with E-state index < -0.39 is 0 Å². The normalized spacial score (nSPS) is 44.1. The topological polar surface area (TPSA) is 9.23 Å². The summed E-state index contributed by atoms with van der Waals surface area (Å²) in [5.74, 6) is 2.83. The summed E-state index contributed by atoms with van der Waals surface area (Å²) in [6.07, 6.45) is 8.97. The second kappa shape index (κ2) is 4.65. The summed E-state index contributed by atoms with van der Waals surface area (Å²) in [5, 5.41) is 0. The predicted molar refractivity (Wildman–Crippen MR) is 59.3 cm³/mol. The van der Waals surface area contributed by atoms with Crippen molar-refractivity contribution in [1.29, 1.82) is 0 Å². The third-order valence-electron chi connectivity index (χ3n) is 4.40. The Morgan fingerprint density at radius 3 is 2.79 bits per heavy atom. The SMILES string of the molecule is CCC1CCCC2CCC(C)OCC12. The van der Waals surface area contributed by atoms with Crippen LogP contribution in [0.4, 0.5) is 0 Å². The monoisotopic (exact) mass is 196 g/mol. The highest BCUT2D eigenvalue weighted by molar-refractivity contribution is 4.83. The first-order valence-corrected chi connectivity index (χ1v) is 6.42. The maximum atomic E-state index is 5.90. The van der Waals surface area contributed by atoms with E-state index in [1.165, 1.54) is 38.5 Å². The molecule has 0 aromatic carbocycles. The summed E-state index contributed by atoms with van der Waals surface area (Å²) in [4.78, 5) is 0. The van der Waals surface area contributed by atoms with Gasteiger partial charge in [0.05, 0.1) is 12.7 Å². The van der Waals surface area contributed by atoms with Crippen molar-refractivity contribution in [3.63, 3.8) is 0 Å². The molecule has 1 heterocycles. The number of hydrogen-bond donors (Lipinski definition) is 0. The highest BCUT2D eigenvalue weighted by Gasteiger charge is 2.34. The highest BCUT2D eigenvalue weighted by atomic mass is 16.5. The maximum absolute atomic E-state index is 5.90. The molecule has 2 rings (SSSR count). The van der Waals surface area contributed by atoms with Crippen LogP contribution in [0.25, 0.3) is 0 Å². The van der Waals surface area contributed by atoms with E-state index in [1.54, 1.807) is 0 Å². The highest BCUT2D eigenvalue weighted by Crippen LogP contribution is 2.41. The molecule has 1 heteroatoms. The Kier molecular flexibility index (Phi) is 3.48. The fraction of sp³-hybridized carbons (Fsp3) is 1.00. The molecular weight excluding hydrogens is 172 g/mol. The van der Waals surface area contributed by atoms with Gasteiger partial charge in [0, 0.05) is 0 Å². The molecule has 1 nitrogen and oxygen atoms in total. The lowest BCUT2D eigenvalue weighted by atomic mass is 9.70. The van der Waals surface area contributed by atoms with E-state index in [0.29, 0.717) is 6.10 Å². The van der Waals surface area contributed by atoms with Crippen LogP contribution in [-0.2, 0) is 4.74 Å². The minimum absolute atomic E-state index is 0.512. The van der Waals surface area contributed by atoms with E-state index in [-0.39, 0.29) is 0 Å². The zero-order valence-corrected chi connectivity index (χ0v) is 9.67. The first-order chi connectivity index (χ1) is 6.81. The molecule has 1 saturated carbocycles. The molecule has 0 N–H and O–H groups in total. The fourth-order valence-electron chi connectivity index (χ4n) is 3.40. The number of ether oxygens (including phenoxy) is 1. The Bertz CT molecular complexity index is 178. The van der Waals surface area contributed by atoms with E-state index in [4.69, 9.17) is 4.74 Å². The minimum Gasteiger partial charge on any atom is -0.378 e. The lowest BCUT2D eigenvalue weighted by molar-refractivity contribution is 0.0179. The number of hydrogen-bond acceptors (Lipinski definition) is 1. The Labute approximate surface area is 88.2 Å². The summed E-state index contributed by atoms with van der Waals surface area (Å²) in [5.41, 5.74) is 0. The molecular formula is C13H24O. The van der Waals surface area contributed by atoms with E-state index in [9.17, 15) is 0 Å². The van der Waals surface area contributed by atoms with Crippen molar-refractivity contribution >= 4 is 0 Å². The molecule has 0 amide bonds. The van der Waals surface area contributed by atoms with Gasteiger partial charge in [-0.25, -0.2) is 0 Å². The lowest BCUT2D eigenvalue weighted by Gasteiger charge is -2.36. The molecule has 2 aliphatic rings. The standard InChI is InChI=1S/C13H24O/c1-3-11-5-4-6-12-8-7-10(2)14-9-13(11)12/h10-13H,3-9H2,1-2H3. The minimum atomic E-state index is 0.512. The molecule has 0 aromatic rings. The van der Waals surface area contributed by atoms with Crippen LogP contribution in [0.3, 0.4) is 0 Å². The second-order valence-electron chi connectivity index (χ2n) is 5.24. The van der Waals surface area contributed by atoms with Crippen LogP contribution in [0.2, 0.25) is 0 Å². The van der Waals surface area contributed by atoms with Gasteiger partial charge in [-0.1, -0.05) is 32.6 Å². The van der Waals surface area contributed by atoms with Crippen molar-refractivity contribution in [3.8, 4) is 0 Å². The lowest BCUT2D eigenvalue weighted by Crippen LogP contribution is -2.30. The molecule has 0 bridgehead atoms.